The molecule has 31 heavy (non-hydrogen) atoms. The number of benzene rings is 1. The molecule has 0 saturated carbocycles. The number of aryl methyl sites for hydroxylation is 1. The zero-order valence-electron chi connectivity index (χ0n) is 17.5. The van der Waals surface area contributed by atoms with Gasteiger partial charge in [0.25, 0.3) is 11.1 Å². The van der Waals surface area contributed by atoms with Crippen LogP contribution < -0.4 is 5.32 Å². The first-order valence-electron chi connectivity index (χ1n) is 9.57. The topological polar surface area (TPSA) is 110 Å². The van der Waals surface area contributed by atoms with Crippen molar-refractivity contribution >= 4 is 51.7 Å². The number of thioether (sulfide) groups is 1. The number of rotatable bonds is 4. The van der Waals surface area contributed by atoms with Crippen LogP contribution in [0.2, 0.25) is 0 Å². The van der Waals surface area contributed by atoms with Gasteiger partial charge in [-0.05, 0) is 23.9 Å². The van der Waals surface area contributed by atoms with Gasteiger partial charge in [-0.25, -0.2) is 4.98 Å². The summed E-state index contributed by atoms with van der Waals surface area (Å²) in [4.78, 5) is 43.1. The average molecular weight is 439 g/mol. The number of carbonyl (C=O) groups is 3. The van der Waals surface area contributed by atoms with E-state index in [0.29, 0.717) is 11.6 Å². The SMILES string of the molecule is Cn1c(/C=C2\SC(=O)N(CC(=O)Nc3cc(C(C)(C)C)on3)C2=O)nc2ccccc21. The van der Waals surface area contributed by atoms with Crippen molar-refractivity contribution < 1.29 is 18.9 Å². The summed E-state index contributed by atoms with van der Waals surface area (Å²) in [5.41, 5.74) is 1.44. The first-order valence-corrected chi connectivity index (χ1v) is 10.4. The summed E-state index contributed by atoms with van der Waals surface area (Å²) in [6.45, 7) is 5.45. The van der Waals surface area contributed by atoms with Crippen molar-refractivity contribution in [3.63, 3.8) is 0 Å². The lowest BCUT2D eigenvalue weighted by atomic mass is 9.93. The molecule has 1 aliphatic rings. The number of para-hydroxylation sites is 2. The van der Waals surface area contributed by atoms with Crippen LogP contribution in [0.25, 0.3) is 17.1 Å². The molecule has 9 nitrogen and oxygen atoms in total. The van der Waals surface area contributed by atoms with E-state index in [1.54, 1.807) is 12.1 Å². The number of imide groups is 1. The van der Waals surface area contributed by atoms with Crippen molar-refractivity contribution in [2.45, 2.75) is 26.2 Å². The Hall–Kier alpha value is -3.40. The number of fused-ring (bicyclic) bond motifs is 1. The molecule has 1 N–H and O–H groups in total. The number of imidazole rings is 1. The normalized spacial score (nSPS) is 16.0. The number of amides is 3. The van der Waals surface area contributed by atoms with E-state index in [0.717, 1.165) is 27.7 Å². The number of anilines is 1. The number of carbonyl (C=O) groups excluding carboxylic acids is 3. The molecule has 3 aromatic rings. The van der Waals surface area contributed by atoms with Gasteiger partial charge in [-0.1, -0.05) is 38.1 Å². The van der Waals surface area contributed by atoms with Crippen molar-refractivity contribution in [1.82, 2.24) is 19.6 Å². The Morgan fingerprint density at radius 2 is 2.00 bits per heavy atom. The summed E-state index contributed by atoms with van der Waals surface area (Å²) in [5.74, 6) is 0.317. The van der Waals surface area contributed by atoms with Crippen molar-refractivity contribution in [2.75, 3.05) is 11.9 Å². The van der Waals surface area contributed by atoms with Gasteiger partial charge in [-0.2, -0.15) is 0 Å². The molecule has 3 heterocycles. The van der Waals surface area contributed by atoms with Crippen LogP contribution in [-0.4, -0.2) is 43.2 Å². The number of aromatic nitrogens is 3. The number of nitrogens with zero attached hydrogens (tertiary/aromatic N) is 4. The van der Waals surface area contributed by atoms with Crippen molar-refractivity contribution in [3.05, 3.63) is 46.8 Å². The maximum Gasteiger partial charge on any atom is 0.294 e. The molecule has 10 heteroatoms. The van der Waals surface area contributed by atoms with Crippen LogP contribution in [-0.2, 0) is 22.1 Å². The predicted octanol–water partition coefficient (Wildman–Crippen LogP) is 3.53. The molecule has 1 aromatic carbocycles. The van der Waals surface area contributed by atoms with Crippen molar-refractivity contribution in [2.24, 2.45) is 7.05 Å². The highest BCUT2D eigenvalue weighted by Gasteiger charge is 2.36. The Morgan fingerprint density at radius 1 is 1.26 bits per heavy atom. The maximum absolute atomic E-state index is 12.7. The van der Waals surface area contributed by atoms with E-state index in [2.05, 4.69) is 15.5 Å². The summed E-state index contributed by atoms with van der Waals surface area (Å²) >= 11 is 0.782. The van der Waals surface area contributed by atoms with Crippen LogP contribution in [0.5, 0.6) is 0 Å². The third kappa shape index (κ3) is 4.11. The van der Waals surface area contributed by atoms with E-state index < -0.39 is 23.6 Å². The standard InChI is InChI=1S/C21H21N5O4S/c1-21(2,3)15-10-16(24-30-15)23-18(27)11-26-19(28)14(31-20(26)29)9-17-22-12-7-5-6-8-13(12)25(17)4/h5-10H,11H2,1-4H3,(H,23,24,27)/b14-9-. The Labute approximate surface area is 182 Å². The lowest BCUT2D eigenvalue weighted by molar-refractivity contribution is -0.127. The Morgan fingerprint density at radius 3 is 2.68 bits per heavy atom. The van der Waals surface area contributed by atoms with Crippen LogP contribution in [0.15, 0.2) is 39.8 Å². The first kappa shape index (κ1) is 20.9. The van der Waals surface area contributed by atoms with Crippen LogP contribution in [0.4, 0.5) is 10.6 Å². The fraction of sp³-hybridized carbons (Fsp3) is 0.286. The third-order valence-corrected chi connectivity index (χ3v) is 5.68. The van der Waals surface area contributed by atoms with Gasteiger partial charge in [0.05, 0.1) is 15.9 Å². The average Bonchev–Trinajstić information content (AvgIpc) is 3.36. The van der Waals surface area contributed by atoms with Crippen molar-refractivity contribution in [1.29, 1.82) is 0 Å². The van der Waals surface area contributed by atoms with Gasteiger partial charge in [0.15, 0.2) is 5.82 Å². The second kappa shape index (κ2) is 7.69. The minimum Gasteiger partial charge on any atom is -0.359 e. The zero-order valence-corrected chi connectivity index (χ0v) is 18.3. The van der Waals surface area contributed by atoms with Gasteiger partial charge in [-0.15, -0.1) is 0 Å². The minimum atomic E-state index is -0.542. The Kier molecular flexibility index (Phi) is 5.18. The number of nitrogens with one attached hydrogen (secondary N) is 1. The summed E-state index contributed by atoms with van der Waals surface area (Å²) in [6.07, 6.45) is 1.57. The molecule has 1 aliphatic heterocycles. The molecule has 0 unspecified atom stereocenters. The summed E-state index contributed by atoms with van der Waals surface area (Å²) < 4.78 is 7.07. The predicted molar refractivity (Wildman–Crippen MR) is 117 cm³/mol. The van der Waals surface area contributed by atoms with E-state index in [-0.39, 0.29) is 16.1 Å². The maximum atomic E-state index is 12.7. The molecule has 0 radical (unpaired) electrons. The lowest BCUT2D eigenvalue weighted by Crippen LogP contribution is -2.36. The molecule has 2 aromatic heterocycles. The molecule has 3 amide bonds. The molecule has 160 valence electrons. The van der Waals surface area contributed by atoms with Gasteiger partial charge in [0, 0.05) is 24.6 Å². The largest absolute Gasteiger partial charge is 0.359 e. The second-order valence-electron chi connectivity index (χ2n) is 8.16. The van der Waals surface area contributed by atoms with Crippen LogP contribution in [0.3, 0.4) is 0 Å². The molecule has 0 atom stereocenters. The second-order valence-corrected chi connectivity index (χ2v) is 9.15. The van der Waals surface area contributed by atoms with Crippen molar-refractivity contribution in [3.8, 4) is 0 Å². The quantitative estimate of drug-likeness (QED) is 0.619. The number of hydrogen-bond donors (Lipinski definition) is 1. The minimum absolute atomic E-state index is 0.215. The highest BCUT2D eigenvalue weighted by atomic mass is 32.2. The Balaban J connectivity index is 1.48. The smallest absolute Gasteiger partial charge is 0.294 e. The molecular formula is C21H21N5O4S. The molecule has 0 bridgehead atoms. The lowest BCUT2D eigenvalue weighted by Gasteiger charge is -2.12. The first-order chi connectivity index (χ1) is 14.6. The third-order valence-electron chi connectivity index (χ3n) is 4.77. The fourth-order valence-corrected chi connectivity index (χ4v) is 3.87. The fourth-order valence-electron chi connectivity index (χ4n) is 3.06. The highest BCUT2D eigenvalue weighted by Crippen LogP contribution is 2.32. The molecule has 0 aliphatic carbocycles. The summed E-state index contributed by atoms with van der Waals surface area (Å²) in [5, 5.41) is 5.86. The van der Waals surface area contributed by atoms with E-state index >= 15 is 0 Å². The number of hydrogen-bond acceptors (Lipinski definition) is 7. The van der Waals surface area contributed by atoms with Crippen LogP contribution in [0, 0.1) is 0 Å². The van der Waals surface area contributed by atoms with E-state index in [1.807, 2.05) is 56.7 Å². The summed E-state index contributed by atoms with van der Waals surface area (Å²) in [6, 6.07) is 9.20. The molecule has 1 saturated heterocycles. The van der Waals surface area contributed by atoms with Gasteiger partial charge >= 0.3 is 0 Å². The van der Waals surface area contributed by atoms with E-state index in [1.165, 1.54) is 0 Å². The highest BCUT2D eigenvalue weighted by molar-refractivity contribution is 8.18. The van der Waals surface area contributed by atoms with Gasteiger partial charge in [0.1, 0.15) is 18.1 Å². The van der Waals surface area contributed by atoms with Gasteiger partial charge in [0.2, 0.25) is 5.91 Å². The molecule has 0 spiro atoms. The molecule has 1 fully saturated rings. The van der Waals surface area contributed by atoms with Gasteiger partial charge in [-0.3, -0.25) is 19.3 Å². The summed E-state index contributed by atoms with van der Waals surface area (Å²) in [7, 11) is 1.84. The van der Waals surface area contributed by atoms with Crippen LogP contribution in [0.1, 0.15) is 32.4 Å². The van der Waals surface area contributed by atoms with Crippen LogP contribution >= 0.6 is 11.8 Å². The zero-order chi connectivity index (χ0) is 22.3. The van der Waals surface area contributed by atoms with Gasteiger partial charge < -0.3 is 14.4 Å². The van der Waals surface area contributed by atoms with E-state index in [4.69, 9.17) is 4.52 Å². The molecule has 4 rings (SSSR count). The monoisotopic (exact) mass is 439 g/mol. The van der Waals surface area contributed by atoms with E-state index in [9.17, 15) is 14.4 Å². The Bertz CT molecular complexity index is 1230. The molecular weight excluding hydrogens is 418 g/mol.